The highest BCUT2D eigenvalue weighted by Gasteiger charge is 2.35. The topological polar surface area (TPSA) is 55.8 Å². The van der Waals surface area contributed by atoms with E-state index in [0.717, 1.165) is 16.7 Å². The maximum atomic E-state index is 12.5. The van der Waals surface area contributed by atoms with Gasteiger partial charge in [-0.2, -0.15) is 0 Å². The highest BCUT2D eigenvalue weighted by atomic mass is 16.5. The van der Waals surface area contributed by atoms with E-state index in [-0.39, 0.29) is 6.54 Å². The lowest BCUT2D eigenvalue weighted by Gasteiger charge is -2.18. The fraction of sp³-hybridized carbons (Fsp3) is 0.167. The van der Waals surface area contributed by atoms with Crippen molar-refractivity contribution in [3.05, 3.63) is 89.0 Å². The van der Waals surface area contributed by atoms with E-state index in [2.05, 4.69) is 0 Å². The van der Waals surface area contributed by atoms with Gasteiger partial charge >= 0.3 is 0 Å². The largest absolute Gasteiger partial charge is 0.493 e. The van der Waals surface area contributed by atoms with Crippen molar-refractivity contribution in [2.45, 2.75) is 20.1 Å². The maximum Gasteiger partial charge on any atom is 0.299 e. The molecule has 3 aromatic rings. The molecule has 0 aliphatic carbocycles. The van der Waals surface area contributed by atoms with Crippen LogP contribution in [-0.4, -0.2) is 18.8 Å². The predicted molar refractivity (Wildman–Crippen MR) is 110 cm³/mol. The third-order valence-electron chi connectivity index (χ3n) is 4.93. The molecular formula is C24H21NO4. The van der Waals surface area contributed by atoms with E-state index < -0.39 is 11.7 Å². The number of hydrogen-bond donors (Lipinski definition) is 0. The second kappa shape index (κ2) is 7.80. The molecule has 1 amide bonds. The third-order valence-corrected chi connectivity index (χ3v) is 4.93. The van der Waals surface area contributed by atoms with Gasteiger partial charge in [0.05, 0.1) is 24.9 Å². The van der Waals surface area contributed by atoms with Crippen LogP contribution in [0.15, 0.2) is 66.7 Å². The van der Waals surface area contributed by atoms with E-state index in [4.69, 9.17) is 9.47 Å². The molecule has 0 saturated heterocycles. The van der Waals surface area contributed by atoms with Crippen molar-refractivity contribution in [1.82, 2.24) is 0 Å². The van der Waals surface area contributed by atoms with E-state index in [0.29, 0.717) is 29.4 Å². The molecule has 0 radical (unpaired) electrons. The van der Waals surface area contributed by atoms with Crippen LogP contribution in [0.1, 0.15) is 27.0 Å². The van der Waals surface area contributed by atoms with Crippen molar-refractivity contribution in [3.63, 3.8) is 0 Å². The van der Waals surface area contributed by atoms with E-state index in [1.165, 1.54) is 4.90 Å². The molecule has 1 heterocycles. The van der Waals surface area contributed by atoms with Crippen molar-refractivity contribution >= 4 is 17.4 Å². The molecule has 1 aliphatic heterocycles. The van der Waals surface area contributed by atoms with E-state index >= 15 is 0 Å². The van der Waals surface area contributed by atoms with Crippen LogP contribution in [0, 0.1) is 6.92 Å². The van der Waals surface area contributed by atoms with Crippen LogP contribution in [0.2, 0.25) is 0 Å². The quantitative estimate of drug-likeness (QED) is 0.592. The normalized spacial score (nSPS) is 12.8. The molecule has 146 valence electrons. The first-order valence-corrected chi connectivity index (χ1v) is 9.37. The van der Waals surface area contributed by atoms with Crippen molar-refractivity contribution < 1.29 is 19.1 Å². The summed E-state index contributed by atoms with van der Waals surface area (Å²) in [6.45, 7) is 2.62. The smallest absolute Gasteiger partial charge is 0.299 e. The Morgan fingerprint density at radius 3 is 2.41 bits per heavy atom. The average Bonchev–Trinajstić information content (AvgIpc) is 2.97. The highest BCUT2D eigenvalue weighted by molar-refractivity contribution is 6.52. The van der Waals surface area contributed by atoms with Crippen LogP contribution in [-0.2, 0) is 17.9 Å². The molecule has 0 fully saturated rings. The summed E-state index contributed by atoms with van der Waals surface area (Å²) >= 11 is 0. The molecule has 0 atom stereocenters. The summed E-state index contributed by atoms with van der Waals surface area (Å²) in [6, 6.07) is 20.9. The number of anilines is 1. The first-order valence-electron chi connectivity index (χ1n) is 9.37. The number of ketones is 1. The van der Waals surface area contributed by atoms with Crippen molar-refractivity contribution in [2.75, 3.05) is 12.0 Å². The molecule has 0 unspecified atom stereocenters. The first kappa shape index (κ1) is 18.7. The van der Waals surface area contributed by atoms with E-state index in [1.807, 2.05) is 67.6 Å². The van der Waals surface area contributed by atoms with Gasteiger partial charge in [0, 0.05) is 0 Å². The third kappa shape index (κ3) is 3.72. The molecule has 0 bridgehead atoms. The van der Waals surface area contributed by atoms with Crippen molar-refractivity contribution in [2.24, 2.45) is 0 Å². The lowest BCUT2D eigenvalue weighted by atomic mass is 10.1. The Kier molecular flexibility index (Phi) is 5.04. The summed E-state index contributed by atoms with van der Waals surface area (Å²) in [5.74, 6) is 0.243. The van der Waals surface area contributed by atoms with Crippen molar-refractivity contribution in [1.29, 1.82) is 0 Å². The maximum absolute atomic E-state index is 12.5. The molecule has 1 aliphatic rings. The van der Waals surface area contributed by atoms with Crippen LogP contribution < -0.4 is 14.4 Å². The first-order chi connectivity index (χ1) is 14.1. The number of amides is 1. The Bertz CT molecular complexity index is 1080. The van der Waals surface area contributed by atoms with Gasteiger partial charge in [-0.15, -0.1) is 0 Å². The number of carbonyl (C=O) groups is 2. The molecule has 3 aromatic carbocycles. The summed E-state index contributed by atoms with van der Waals surface area (Å²) in [6.07, 6.45) is 0. The summed E-state index contributed by atoms with van der Waals surface area (Å²) in [4.78, 5) is 26.3. The average molecular weight is 387 g/mol. The van der Waals surface area contributed by atoms with Crippen LogP contribution in [0.3, 0.4) is 0 Å². The van der Waals surface area contributed by atoms with Crippen LogP contribution >= 0.6 is 0 Å². The molecular weight excluding hydrogens is 366 g/mol. The van der Waals surface area contributed by atoms with Gasteiger partial charge in [0.25, 0.3) is 11.7 Å². The Labute approximate surface area is 169 Å². The van der Waals surface area contributed by atoms with Gasteiger partial charge in [-0.05, 0) is 42.3 Å². The zero-order valence-corrected chi connectivity index (χ0v) is 16.3. The number of fused-ring (bicyclic) bond motifs is 1. The zero-order chi connectivity index (χ0) is 20.4. The second-order valence-corrected chi connectivity index (χ2v) is 7.00. The number of methoxy groups -OCH3 is 1. The molecule has 0 N–H and O–H groups in total. The standard InChI is InChI=1S/C24H21NO4/c1-16-8-10-20-19(12-16)23(26)24(27)25(20)14-18-9-11-21(22(13-18)28-2)29-15-17-6-4-3-5-7-17/h3-13H,14-15H2,1-2H3. The Balaban J connectivity index is 1.54. The Morgan fingerprint density at radius 2 is 1.66 bits per heavy atom. The molecule has 29 heavy (non-hydrogen) atoms. The highest BCUT2D eigenvalue weighted by Crippen LogP contribution is 2.33. The minimum Gasteiger partial charge on any atom is -0.493 e. The number of hydrogen-bond acceptors (Lipinski definition) is 4. The number of aryl methyl sites for hydroxylation is 1. The number of rotatable bonds is 6. The summed E-state index contributed by atoms with van der Waals surface area (Å²) in [5, 5.41) is 0. The molecule has 4 rings (SSSR count). The summed E-state index contributed by atoms with van der Waals surface area (Å²) in [7, 11) is 1.58. The van der Waals surface area contributed by atoms with Gasteiger partial charge in [0.2, 0.25) is 0 Å². The van der Waals surface area contributed by atoms with E-state index in [1.54, 1.807) is 13.2 Å². The van der Waals surface area contributed by atoms with Crippen LogP contribution in [0.5, 0.6) is 11.5 Å². The van der Waals surface area contributed by atoms with Crippen molar-refractivity contribution in [3.8, 4) is 11.5 Å². The monoisotopic (exact) mass is 387 g/mol. The van der Waals surface area contributed by atoms with Gasteiger partial charge in [-0.1, -0.05) is 48.0 Å². The number of Topliss-reactive ketones (excluding diaryl/α,β-unsaturated/α-hetero) is 1. The Hall–Kier alpha value is -3.60. The second-order valence-electron chi connectivity index (χ2n) is 7.00. The minimum absolute atomic E-state index is 0.288. The molecule has 5 nitrogen and oxygen atoms in total. The fourth-order valence-electron chi connectivity index (χ4n) is 3.42. The lowest BCUT2D eigenvalue weighted by molar-refractivity contribution is -0.114. The number of carbonyl (C=O) groups excluding carboxylic acids is 2. The van der Waals surface area contributed by atoms with Gasteiger partial charge in [-0.3, -0.25) is 9.59 Å². The van der Waals surface area contributed by atoms with Gasteiger partial charge in [0.1, 0.15) is 6.61 Å². The summed E-state index contributed by atoms with van der Waals surface area (Å²) in [5.41, 5.74) is 3.97. The molecule has 0 spiro atoms. The molecule has 5 heteroatoms. The number of ether oxygens (including phenoxy) is 2. The zero-order valence-electron chi connectivity index (χ0n) is 16.3. The Morgan fingerprint density at radius 1 is 0.862 bits per heavy atom. The van der Waals surface area contributed by atoms with Crippen LogP contribution in [0.4, 0.5) is 5.69 Å². The van der Waals surface area contributed by atoms with Crippen LogP contribution in [0.25, 0.3) is 0 Å². The predicted octanol–water partition coefficient (Wildman–Crippen LogP) is 4.31. The SMILES string of the molecule is COc1cc(CN2C(=O)C(=O)c3cc(C)ccc32)ccc1OCc1ccccc1. The molecule has 0 aromatic heterocycles. The number of benzene rings is 3. The fourth-order valence-corrected chi connectivity index (χ4v) is 3.42. The lowest BCUT2D eigenvalue weighted by Crippen LogP contribution is -2.29. The van der Waals surface area contributed by atoms with Gasteiger partial charge < -0.3 is 14.4 Å². The van der Waals surface area contributed by atoms with E-state index in [9.17, 15) is 9.59 Å². The minimum atomic E-state index is -0.506. The van der Waals surface area contributed by atoms with Gasteiger partial charge in [-0.25, -0.2) is 0 Å². The molecule has 0 saturated carbocycles. The van der Waals surface area contributed by atoms with Gasteiger partial charge in [0.15, 0.2) is 11.5 Å². The summed E-state index contributed by atoms with van der Waals surface area (Å²) < 4.78 is 11.4. The number of nitrogens with zero attached hydrogens (tertiary/aromatic N) is 1.